The minimum Gasteiger partial charge on any atom is -0.345 e. The first kappa shape index (κ1) is 24.4. The number of benzene rings is 1. The number of hydroxylamine groups is 1. The fourth-order valence-electron chi connectivity index (χ4n) is 3.51. The SMILES string of the molecule is C=CC[C@H](C(=O)NO)[C@@H](CC(C)C)C(=O)N[C@@H](Cc1ccccc1)C(=O)c1nccs1. The van der Waals surface area contributed by atoms with E-state index in [1.807, 2.05) is 44.2 Å². The van der Waals surface area contributed by atoms with Crippen molar-refractivity contribution >= 4 is 28.9 Å². The van der Waals surface area contributed by atoms with Crippen LogP contribution < -0.4 is 10.8 Å². The molecule has 31 heavy (non-hydrogen) atoms. The molecule has 3 N–H and O–H groups in total. The van der Waals surface area contributed by atoms with Gasteiger partial charge in [-0.25, -0.2) is 10.5 Å². The number of amides is 2. The minimum absolute atomic E-state index is 0.122. The van der Waals surface area contributed by atoms with E-state index in [4.69, 9.17) is 5.21 Å². The van der Waals surface area contributed by atoms with Crippen molar-refractivity contribution in [3.05, 3.63) is 65.1 Å². The molecule has 0 saturated carbocycles. The number of nitrogens with one attached hydrogen (secondary N) is 2. The zero-order valence-electron chi connectivity index (χ0n) is 17.8. The van der Waals surface area contributed by atoms with E-state index in [2.05, 4.69) is 16.9 Å². The van der Waals surface area contributed by atoms with Crippen molar-refractivity contribution in [1.29, 1.82) is 0 Å². The van der Waals surface area contributed by atoms with Crippen LogP contribution in [-0.4, -0.2) is 33.8 Å². The average molecular weight is 444 g/mol. The minimum atomic E-state index is -0.822. The van der Waals surface area contributed by atoms with Crippen LogP contribution in [0.3, 0.4) is 0 Å². The third kappa shape index (κ3) is 7.11. The monoisotopic (exact) mass is 443 g/mol. The van der Waals surface area contributed by atoms with Crippen LogP contribution >= 0.6 is 11.3 Å². The molecule has 0 aliphatic carbocycles. The first-order valence-electron chi connectivity index (χ1n) is 10.2. The number of nitrogens with zero attached hydrogens (tertiary/aromatic N) is 1. The van der Waals surface area contributed by atoms with E-state index in [0.717, 1.165) is 5.56 Å². The smallest absolute Gasteiger partial charge is 0.247 e. The fraction of sp³-hybridized carbons (Fsp3) is 0.391. The van der Waals surface area contributed by atoms with Gasteiger partial charge in [0.15, 0.2) is 5.01 Å². The number of hydrogen-bond acceptors (Lipinski definition) is 6. The van der Waals surface area contributed by atoms with Crippen LogP contribution in [-0.2, 0) is 16.0 Å². The number of thiazole rings is 1. The van der Waals surface area contributed by atoms with Gasteiger partial charge in [0.2, 0.25) is 17.6 Å². The van der Waals surface area contributed by atoms with Crippen molar-refractivity contribution in [3.8, 4) is 0 Å². The normalized spacial score (nSPS) is 13.8. The third-order valence-electron chi connectivity index (χ3n) is 4.97. The molecule has 2 aromatic rings. The molecule has 1 aromatic heterocycles. The average Bonchev–Trinajstić information content (AvgIpc) is 3.30. The molecule has 0 radical (unpaired) electrons. The summed E-state index contributed by atoms with van der Waals surface area (Å²) in [4.78, 5) is 42.7. The Hall–Kier alpha value is -2.84. The molecule has 0 spiro atoms. The second kappa shape index (κ2) is 12.1. The van der Waals surface area contributed by atoms with Crippen LogP contribution in [0.5, 0.6) is 0 Å². The number of carbonyl (C=O) groups is 3. The molecule has 1 heterocycles. The van der Waals surface area contributed by atoms with E-state index in [-0.39, 0.29) is 18.1 Å². The van der Waals surface area contributed by atoms with Gasteiger partial charge >= 0.3 is 0 Å². The number of Topliss-reactive ketones (excluding diaryl/α,β-unsaturated/α-hetero) is 1. The highest BCUT2D eigenvalue weighted by molar-refractivity contribution is 7.11. The van der Waals surface area contributed by atoms with Crippen LogP contribution in [0.1, 0.15) is 42.1 Å². The van der Waals surface area contributed by atoms with E-state index < -0.39 is 29.7 Å². The van der Waals surface area contributed by atoms with Gasteiger partial charge in [-0.15, -0.1) is 17.9 Å². The zero-order chi connectivity index (χ0) is 22.8. The van der Waals surface area contributed by atoms with Crippen molar-refractivity contribution in [2.75, 3.05) is 0 Å². The topological polar surface area (TPSA) is 108 Å². The van der Waals surface area contributed by atoms with Crippen LogP contribution in [0.25, 0.3) is 0 Å². The van der Waals surface area contributed by atoms with Crippen molar-refractivity contribution in [3.63, 3.8) is 0 Å². The van der Waals surface area contributed by atoms with Crippen LogP contribution in [0.15, 0.2) is 54.6 Å². The predicted molar refractivity (Wildman–Crippen MR) is 120 cm³/mol. The van der Waals surface area contributed by atoms with E-state index in [0.29, 0.717) is 17.8 Å². The van der Waals surface area contributed by atoms with Crippen molar-refractivity contribution in [2.45, 2.75) is 39.2 Å². The maximum atomic E-state index is 13.3. The molecule has 0 aliphatic rings. The maximum absolute atomic E-state index is 13.3. The fourth-order valence-corrected chi connectivity index (χ4v) is 4.14. The Labute approximate surface area is 186 Å². The molecule has 1 aromatic carbocycles. The summed E-state index contributed by atoms with van der Waals surface area (Å²) in [6.45, 7) is 7.56. The largest absolute Gasteiger partial charge is 0.345 e. The quantitative estimate of drug-likeness (QED) is 0.202. The molecular formula is C23H29N3O4S. The molecule has 2 rings (SSSR count). The summed E-state index contributed by atoms with van der Waals surface area (Å²) < 4.78 is 0. The van der Waals surface area contributed by atoms with E-state index in [1.165, 1.54) is 11.3 Å². The molecular weight excluding hydrogens is 414 g/mol. The van der Waals surface area contributed by atoms with E-state index >= 15 is 0 Å². The van der Waals surface area contributed by atoms with Crippen molar-refractivity contribution < 1.29 is 19.6 Å². The lowest BCUT2D eigenvalue weighted by molar-refractivity contribution is -0.140. The highest BCUT2D eigenvalue weighted by atomic mass is 32.1. The Morgan fingerprint density at radius 2 is 1.87 bits per heavy atom. The number of aromatic nitrogens is 1. The summed E-state index contributed by atoms with van der Waals surface area (Å²) in [5, 5.41) is 14.0. The summed E-state index contributed by atoms with van der Waals surface area (Å²) in [6.07, 6.45) is 4.04. The molecule has 3 atom stereocenters. The van der Waals surface area contributed by atoms with Crippen molar-refractivity contribution in [1.82, 2.24) is 15.8 Å². The third-order valence-corrected chi connectivity index (χ3v) is 5.76. The molecule has 0 fully saturated rings. The first-order chi connectivity index (χ1) is 14.9. The number of ketones is 1. The van der Waals surface area contributed by atoms with Gasteiger partial charge in [0, 0.05) is 18.0 Å². The molecule has 0 unspecified atom stereocenters. The molecule has 166 valence electrons. The Morgan fingerprint density at radius 3 is 2.42 bits per heavy atom. The molecule has 0 aliphatic heterocycles. The van der Waals surface area contributed by atoms with Gasteiger partial charge < -0.3 is 5.32 Å². The van der Waals surface area contributed by atoms with Gasteiger partial charge in [0.05, 0.1) is 17.9 Å². The standard InChI is InChI=1S/C23H29N3O4S/c1-4-8-17(22(29)26-30)18(13-15(2)3)21(28)25-19(14-16-9-6-5-7-10-16)20(27)23-24-11-12-31-23/h4-7,9-12,15,17-19,30H,1,8,13-14H2,2-3H3,(H,25,28)(H,26,29)/t17-,18+,19-/m0/s1. The molecule has 8 heteroatoms. The summed E-state index contributed by atoms with van der Waals surface area (Å²) in [7, 11) is 0. The number of allylic oxidation sites excluding steroid dienone is 1. The van der Waals surface area contributed by atoms with Crippen molar-refractivity contribution in [2.24, 2.45) is 17.8 Å². The number of carbonyl (C=O) groups excluding carboxylic acids is 3. The molecule has 0 saturated heterocycles. The van der Waals surface area contributed by atoms with Gasteiger partial charge in [-0.3, -0.25) is 19.6 Å². The van der Waals surface area contributed by atoms with Crippen LogP contribution in [0.4, 0.5) is 0 Å². The zero-order valence-corrected chi connectivity index (χ0v) is 18.6. The van der Waals surface area contributed by atoms with Crippen LogP contribution in [0, 0.1) is 17.8 Å². The maximum Gasteiger partial charge on any atom is 0.247 e. The highest BCUT2D eigenvalue weighted by Crippen LogP contribution is 2.25. The Balaban J connectivity index is 2.31. The Kier molecular flexibility index (Phi) is 9.55. The van der Waals surface area contributed by atoms with E-state index in [9.17, 15) is 14.4 Å². The van der Waals surface area contributed by atoms with E-state index in [1.54, 1.807) is 23.1 Å². The Morgan fingerprint density at radius 1 is 1.16 bits per heavy atom. The first-order valence-corrected chi connectivity index (χ1v) is 11.1. The summed E-state index contributed by atoms with van der Waals surface area (Å²) in [5.41, 5.74) is 2.55. The lowest BCUT2D eigenvalue weighted by Crippen LogP contribution is -2.48. The Bertz CT molecular complexity index is 868. The highest BCUT2D eigenvalue weighted by Gasteiger charge is 2.35. The molecule has 2 amide bonds. The van der Waals surface area contributed by atoms with Gasteiger partial charge in [-0.1, -0.05) is 50.3 Å². The van der Waals surface area contributed by atoms with Gasteiger partial charge in [0.25, 0.3) is 0 Å². The summed E-state index contributed by atoms with van der Waals surface area (Å²) in [5.74, 6) is -2.73. The second-order valence-corrected chi connectivity index (χ2v) is 8.69. The second-order valence-electron chi connectivity index (χ2n) is 7.80. The molecule has 0 bridgehead atoms. The lowest BCUT2D eigenvalue weighted by atomic mass is 9.82. The molecule has 7 nitrogen and oxygen atoms in total. The summed E-state index contributed by atoms with van der Waals surface area (Å²) >= 11 is 1.22. The number of hydrogen-bond donors (Lipinski definition) is 3. The number of rotatable bonds is 12. The summed E-state index contributed by atoms with van der Waals surface area (Å²) in [6, 6.07) is 8.58. The van der Waals surface area contributed by atoms with Gasteiger partial charge in [-0.05, 0) is 24.3 Å². The van der Waals surface area contributed by atoms with Gasteiger partial charge in [-0.2, -0.15) is 0 Å². The lowest BCUT2D eigenvalue weighted by Gasteiger charge is -2.27. The van der Waals surface area contributed by atoms with Crippen LogP contribution in [0.2, 0.25) is 0 Å². The van der Waals surface area contributed by atoms with Gasteiger partial charge in [0.1, 0.15) is 0 Å². The predicted octanol–water partition coefficient (Wildman–Crippen LogP) is 3.41.